The van der Waals surface area contributed by atoms with E-state index in [9.17, 15) is 15.3 Å². The number of ether oxygens (including phenoxy) is 1. The summed E-state index contributed by atoms with van der Waals surface area (Å²) in [5.41, 5.74) is 16.0. The molecule has 0 aromatic carbocycles. The lowest BCUT2D eigenvalue weighted by atomic mass is 10.1. The lowest BCUT2D eigenvalue weighted by Crippen LogP contribution is -2.33. The molecule has 10 heteroatoms. The summed E-state index contributed by atoms with van der Waals surface area (Å²) in [5, 5.41) is 30.2. The van der Waals surface area contributed by atoms with Crippen molar-refractivity contribution in [3.63, 3.8) is 0 Å². The van der Waals surface area contributed by atoms with Crippen LogP contribution >= 0.6 is 0 Å². The third kappa shape index (κ3) is 3.27. The van der Waals surface area contributed by atoms with Gasteiger partial charge in [0.1, 0.15) is 32.2 Å². The highest BCUT2D eigenvalue weighted by atomic mass is 28.3. The SMILES string of the molecule is C[Si](C)(C)C#Cc1cn([C@@H]2O[C@H](CO)[C@@H](O)[C@H]2O)c2nc(N)nc(N)c12. The molecule has 1 aliphatic heterocycles. The number of hydrogen-bond acceptors (Lipinski definition) is 8. The Bertz CT molecular complexity index is 898. The third-order valence-corrected chi connectivity index (χ3v) is 4.96. The molecule has 0 radical (unpaired) electrons. The predicted octanol–water partition coefficient (Wildman–Crippen LogP) is -0.564. The predicted molar refractivity (Wildman–Crippen MR) is 99.6 cm³/mol. The maximum Gasteiger partial charge on any atom is 0.223 e. The Hall–Kier alpha value is -2.16. The molecule has 2 aromatic rings. The summed E-state index contributed by atoms with van der Waals surface area (Å²) in [6, 6.07) is 0. The van der Waals surface area contributed by atoms with E-state index in [4.69, 9.17) is 16.2 Å². The summed E-state index contributed by atoms with van der Waals surface area (Å²) < 4.78 is 7.13. The molecule has 7 N–H and O–H groups in total. The first-order valence-electron chi connectivity index (χ1n) is 8.21. The zero-order valence-electron chi connectivity index (χ0n) is 14.8. The van der Waals surface area contributed by atoms with Crippen LogP contribution in [0.25, 0.3) is 11.0 Å². The number of nitrogens with two attached hydrogens (primary N) is 2. The monoisotopic (exact) mass is 377 g/mol. The van der Waals surface area contributed by atoms with Crippen molar-refractivity contribution in [1.29, 1.82) is 0 Å². The largest absolute Gasteiger partial charge is 0.394 e. The fourth-order valence-corrected chi connectivity index (χ4v) is 3.36. The average Bonchev–Trinajstić information content (AvgIpc) is 3.03. The first-order valence-corrected chi connectivity index (χ1v) is 11.7. The summed E-state index contributed by atoms with van der Waals surface area (Å²) in [6.07, 6.45) is -2.68. The molecule has 140 valence electrons. The molecule has 3 heterocycles. The first kappa shape index (κ1) is 18.6. The van der Waals surface area contributed by atoms with Crippen molar-refractivity contribution < 1.29 is 20.1 Å². The highest BCUT2D eigenvalue weighted by Crippen LogP contribution is 2.34. The van der Waals surface area contributed by atoms with Gasteiger partial charge in [-0.1, -0.05) is 25.6 Å². The maximum atomic E-state index is 10.3. The van der Waals surface area contributed by atoms with Gasteiger partial charge in [0.25, 0.3) is 0 Å². The van der Waals surface area contributed by atoms with Crippen molar-refractivity contribution in [3.8, 4) is 11.5 Å². The normalized spacial score (nSPS) is 26.1. The molecule has 3 rings (SSSR count). The molecule has 0 spiro atoms. The van der Waals surface area contributed by atoms with E-state index in [-0.39, 0.29) is 11.8 Å². The van der Waals surface area contributed by atoms with Gasteiger partial charge in [-0.3, -0.25) is 0 Å². The van der Waals surface area contributed by atoms with E-state index < -0.39 is 39.2 Å². The second kappa shape index (κ2) is 6.53. The van der Waals surface area contributed by atoms with Gasteiger partial charge >= 0.3 is 0 Å². The number of hydrogen-bond donors (Lipinski definition) is 5. The van der Waals surface area contributed by atoms with Crippen LogP contribution in [0.1, 0.15) is 11.8 Å². The van der Waals surface area contributed by atoms with Crippen molar-refractivity contribution in [2.75, 3.05) is 18.1 Å². The molecule has 1 fully saturated rings. The summed E-state index contributed by atoms with van der Waals surface area (Å²) >= 11 is 0. The Morgan fingerprint density at radius 3 is 2.50 bits per heavy atom. The lowest BCUT2D eigenvalue weighted by Gasteiger charge is -2.17. The molecule has 0 aliphatic carbocycles. The standard InChI is InChI=1S/C16H23N5O4Si/c1-26(2,3)5-4-8-6-21(14-10(8)13(17)19-16(18)20-14)15-12(24)11(23)9(7-22)25-15/h6,9,11-12,15,22-24H,7H2,1-3H3,(H4,17,18,19,20)/t9-,11-,12-,15-/m1/s1. The quantitative estimate of drug-likeness (QED) is 0.345. The smallest absolute Gasteiger partial charge is 0.223 e. The van der Waals surface area contributed by atoms with Gasteiger partial charge in [0.2, 0.25) is 5.95 Å². The number of aliphatic hydroxyl groups is 3. The Morgan fingerprint density at radius 2 is 1.92 bits per heavy atom. The van der Waals surface area contributed by atoms with Gasteiger partial charge in [-0.15, -0.1) is 5.54 Å². The van der Waals surface area contributed by atoms with E-state index in [1.54, 1.807) is 6.20 Å². The second-order valence-electron chi connectivity index (χ2n) is 7.34. The molecule has 1 aliphatic rings. The summed E-state index contributed by atoms with van der Waals surface area (Å²) in [5.74, 6) is 3.28. The van der Waals surface area contributed by atoms with E-state index >= 15 is 0 Å². The Morgan fingerprint density at radius 1 is 1.23 bits per heavy atom. The van der Waals surface area contributed by atoms with Gasteiger partial charge in [-0.05, 0) is 0 Å². The number of aliphatic hydroxyl groups excluding tert-OH is 3. The average molecular weight is 377 g/mol. The van der Waals surface area contributed by atoms with E-state index in [1.165, 1.54) is 4.57 Å². The van der Waals surface area contributed by atoms with Crippen LogP contribution in [0.4, 0.5) is 11.8 Å². The van der Waals surface area contributed by atoms with Crippen molar-refractivity contribution >= 4 is 30.9 Å². The number of fused-ring (bicyclic) bond motifs is 1. The van der Waals surface area contributed by atoms with Crippen LogP contribution in [-0.4, -0.2) is 62.8 Å². The van der Waals surface area contributed by atoms with Gasteiger partial charge in [-0.25, -0.2) is 0 Å². The Kier molecular flexibility index (Phi) is 4.68. The van der Waals surface area contributed by atoms with E-state index in [2.05, 4.69) is 41.1 Å². The summed E-state index contributed by atoms with van der Waals surface area (Å²) in [4.78, 5) is 8.21. The topological polar surface area (TPSA) is 153 Å². The maximum absolute atomic E-state index is 10.3. The Balaban J connectivity index is 2.19. The lowest BCUT2D eigenvalue weighted by molar-refractivity contribution is -0.0508. The summed E-state index contributed by atoms with van der Waals surface area (Å²) in [6.45, 7) is 5.92. The second-order valence-corrected chi connectivity index (χ2v) is 12.1. The molecule has 0 amide bonds. The van der Waals surface area contributed by atoms with Gasteiger partial charge in [0, 0.05) is 6.20 Å². The van der Waals surface area contributed by atoms with Gasteiger partial charge in [-0.2, -0.15) is 9.97 Å². The molecule has 1 saturated heterocycles. The highest BCUT2D eigenvalue weighted by molar-refractivity contribution is 6.83. The van der Waals surface area contributed by atoms with Crippen LogP contribution in [0.3, 0.4) is 0 Å². The van der Waals surface area contributed by atoms with Crippen LogP contribution in [0.15, 0.2) is 6.20 Å². The van der Waals surface area contributed by atoms with E-state index in [1.807, 2.05) is 0 Å². The van der Waals surface area contributed by atoms with Gasteiger partial charge in [0.05, 0.1) is 17.6 Å². The zero-order chi connectivity index (χ0) is 19.2. The van der Waals surface area contributed by atoms with Crippen molar-refractivity contribution in [2.45, 2.75) is 44.2 Å². The molecule has 4 atom stereocenters. The molecular formula is C16H23N5O4Si. The summed E-state index contributed by atoms with van der Waals surface area (Å²) in [7, 11) is -1.65. The number of aromatic nitrogens is 3. The number of anilines is 2. The van der Waals surface area contributed by atoms with Crippen molar-refractivity contribution in [2.24, 2.45) is 0 Å². The third-order valence-electron chi connectivity index (χ3n) is 4.08. The molecule has 9 nitrogen and oxygen atoms in total. The number of nitrogen functional groups attached to an aromatic ring is 2. The van der Waals surface area contributed by atoms with E-state index in [0.717, 1.165) is 0 Å². The van der Waals surface area contributed by atoms with Crippen molar-refractivity contribution in [3.05, 3.63) is 11.8 Å². The first-order chi connectivity index (χ1) is 12.1. The van der Waals surface area contributed by atoms with Crippen LogP contribution in [0.2, 0.25) is 19.6 Å². The molecule has 0 bridgehead atoms. The molecule has 2 aromatic heterocycles. The van der Waals surface area contributed by atoms with Gasteiger partial charge in [0.15, 0.2) is 11.9 Å². The molecule has 26 heavy (non-hydrogen) atoms. The van der Waals surface area contributed by atoms with Crippen LogP contribution in [0.5, 0.6) is 0 Å². The number of nitrogens with zero attached hydrogens (tertiary/aromatic N) is 3. The molecular weight excluding hydrogens is 354 g/mol. The van der Waals surface area contributed by atoms with Crippen LogP contribution < -0.4 is 11.5 Å². The molecule has 0 unspecified atom stereocenters. The minimum absolute atomic E-state index is 0.0224. The van der Waals surface area contributed by atoms with Crippen LogP contribution in [0, 0.1) is 11.5 Å². The van der Waals surface area contributed by atoms with Gasteiger partial charge < -0.3 is 36.1 Å². The minimum atomic E-state index is -1.65. The molecule has 0 saturated carbocycles. The zero-order valence-corrected chi connectivity index (χ0v) is 15.8. The Labute approximate surface area is 151 Å². The highest BCUT2D eigenvalue weighted by Gasteiger charge is 2.44. The fourth-order valence-electron chi connectivity index (χ4n) is 2.85. The minimum Gasteiger partial charge on any atom is -0.394 e. The van der Waals surface area contributed by atoms with Crippen molar-refractivity contribution in [1.82, 2.24) is 14.5 Å². The van der Waals surface area contributed by atoms with E-state index in [0.29, 0.717) is 16.6 Å². The fraction of sp³-hybridized carbons (Fsp3) is 0.500. The van der Waals surface area contributed by atoms with Crippen LogP contribution in [-0.2, 0) is 4.74 Å². The number of rotatable bonds is 2.